The number of aromatic nitrogens is 2. The number of anilines is 2. The minimum Gasteiger partial charge on any atom is -0.465 e. The summed E-state index contributed by atoms with van der Waals surface area (Å²) >= 11 is 7.08. The highest BCUT2D eigenvalue weighted by Gasteiger charge is 2.52. The standard InChI is InChI=1S/C23H30N4O2S2/c1-4-17-13(2)31-20(19(17)21(28)29-3)25-22(30)24-18-5-6-27(26-18)23-10-14-7-15(11-23)9-16(8-14)12-23/h5-6,14-16H,4,7-12H2,1-3H3,(H2,24,25,26,30). The number of nitrogens with zero attached hydrogens (tertiary/aromatic N) is 2. The Morgan fingerprint density at radius 3 is 2.48 bits per heavy atom. The Hall–Kier alpha value is -1.93. The molecule has 31 heavy (non-hydrogen) atoms. The smallest absolute Gasteiger partial charge is 0.341 e. The Balaban J connectivity index is 1.31. The molecule has 0 amide bonds. The molecule has 4 aliphatic rings. The molecule has 6 nitrogen and oxygen atoms in total. The summed E-state index contributed by atoms with van der Waals surface area (Å²) in [6, 6.07) is 2.00. The van der Waals surface area contributed by atoms with E-state index in [-0.39, 0.29) is 11.5 Å². The molecule has 0 atom stereocenters. The molecule has 2 heterocycles. The van der Waals surface area contributed by atoms with Crippen LogP contribution in [0.5, 0.6) is 0 Å². The average molecular weight is 459 g/mol. The number of thiophene rings is 1. The largest absolute Gasteiger partial charge is 0.465 e. The van der Waals surface area contributed by atoms with Crippen molar-refractivity contribution in [2.45, 2.75) is 64.3 Å². The van der Waals surface area contributed by atoms with Crippen molar-refractivity contribution >= 4 is 45.5 Å². The van der Waals surface area contributed by atoms with Crippen molar-refractivity contribution in [2.75, 3.05) is 17.7 Å². The van der Waals surface area contributed by atoms with E-state index >= 15 is 0 Å². The summed E-state index contributed by atoms with van der Waals surface area (Å²) in [7, 11) is 1.41. The van der Waals surface area contributed by atoms with Gasteiger partial charge in [-0.1, -0.05) is 6.92 Å². The normalized spacial score (nSPS) is 28.5. The molecular formula is C23H30N4O2S2. The van der Waals surface area contributed by atoms with E-state index in [1.54, 1.807) is 0 Å². The van der Waals surface area contributed by atoms with Gasteiger partial charge in [-0.25, -0.2) is 4.79 Å². The second-order valence-corrected chi connectivity index (χ2v) is 11.2. The van der Waals surface area contributed by atoms with Crippen LogP contribution >= 0.6 is 23.6 Å². The van der Waals surface area contributed by atoms with Gasteiger partial charge in [0.2, 0.25) is 0 Å². The van der Waals surface area contributed by atoms with Gasteiger partial charge in [0.25, 0.3) is 0 Å². The van der Waals surface area contributed by atoms with E-state index in [1.807, 2.05) is 19.9 Å². The number of carbonyl (C=O) groups excluding carboxylic acids is 1. The summed E-state index contributed by atoms with van der Waals surface area (Å²) in [6.45, 7) is 4.06. The highest BCUT2D eigenvalue weighted by atomic mass is 32.1. The van der Waals surface area contributed by atoms with Gasteiger partial charge < -0.3 is 15.4 Å². The number of hydrogen-bond acceptors (Lipinski definition) is 5. The van der Waals surface area contributed by atoms with Crippen LogP contribution in [-0.2, 0) is 16.7 Å². The summed E-state index contributed by atoms with van der Waals surface area (Å²) in [5, 5.41) is 12.5. The number of ether oxygens (including phenoxy) is 1. The van der Waals surface area contributed by atoms with Crippen molar-refractivity contribution in [3.8, 4) is 0 Å². The highest BCUT2D eigenvalue weighted by Crippen LogP contribution is 2.58. The third kappa shape index (κ3) is 3.67. The molecule has 0 aliphatic heterocycles. The summed E-state index contributed by atoms with van der Waals surface area (Å²) in [6.07, 6.45) is 10.9. The molecule has 0 aromatic carbocycles. The van der Waals surface area contributed by atoms with Crippen molar-refractivity contribution in [3.63, 3.8) is 0 Å². The predicted molar refractivity (Wildman–Crippen MR) is 128 cm³/mol. The monoisotopic (exact) mass is 458 g/mol. The first-order chi connectivity index (χ1) is 14.9. The fourth-order valence-electron chi connectivity index (χ4n) is 6.66. The lowest BCUT2D eigenvalue weighted by Gasteiger charge is -2.56. The molecule has 6 rings (SSSR count). The van der Waals surface area contributed by atoms with Crippen LogP contribution in [0.15, 0.2) is 12.3 Å². The lowest BCUT2D eigenvalue weighted by Crippen LogP contribution is -2.52. The zero-order valence-corrected chi connectivity index (χ0v) is 20.0. The van der Waals surface area contributed by atoms with Gasteiger partial charge in [-0.15, -0.1) is 11.3 Å². The number of hydrogen-bond donors (Lipinski definition) is 2. The van der Waals surface area contributed by atoms with Crippen molar-refractivity contribution in [3.05, 3.63) is 28.3 Å². The average Bonchev–Trinajstić information content (AvgIpc) is 3.30. The number of carbonyl (C=O) groups is 1. The molecule has 2 aromatic rings. The topological polar surface area (TPSA) is 68.2 Å². The molecule has 4 saturated carbocycles. The Labute approximate surface area is 192 Å². The predicted octanol–water partition coefficient (Wildman–Crippen LogP) is 5.34. The van der Waals surface area contributed by atoms with E-state index in [9.17, 15) is 4.79 Å². The van der Waals surface area contributed by atoms with Crippen LogP contribution in [0.4, 0.5) is 10.8 Å². The van der Waals surface area contributed by atoms with Crippen molar-refractivity contribution in [1.82, 2.24) is 9.78 Å². The molecule has 2 aromatic heterocycles. The Morgan fingerprint density at radius 2 is 1.90 bits per heavy atom. The second-order valence-electron chi connectivity index (χ2n) is 9.55. The second kappa shape index (κ2) is 7.89. The zero-order chi connectivity index (χ0) is 21.8. The summed E-state index contributed by atoms with van der Waals surface area (Å²) in [5.74, 6) is 3.04. The van der Waals surface area contributed by atoms with E-state index in [2.05, 4.69) is 21.5 Å². The van der Waals surface area contributed by atoms with E-state index < -0.39 is 0 Å². The zero-order valence-electron chi connectivity index (χ0n) is 18.4. The molecular weight excluding hydrogens is 428 g/mol. The van der Waals surface area contributed by atoms with Gasteiger partial charge in [0.05, 0.1) is 18.2 Å². The number of methoxy groups -OCH3 is 1. The van der Waals surface area contributed by atoms with E-state index in [0.717, 1.165) is 45.4 Å². The van der Waals surface area contributed by atoms with E-state index in [0.29, 0.717) is 10.7 Å². The van der Waals surface area contributed by atoms with Crippen LogP contribution in [-0.4, -0.2) is 28.0 Å². The maximum atomic E-state index is 12.3. The summed E-state index contributed by atoms with van der Waals surface area (Å²) in [5.41, 5.74) is 1.78. The number of nitrogens with one attached hydrogen (secondary N) is 2. The molecule has 0 spiro atoms. The number of aryl methyl sites for hydroxylation is 1. The molecule has 166 valence electrons. The number of rotatable bonds is 5. The van der Waals surface area contributed by atoms with Gasteiger partial charge >= 0.3 is 5.97 Å². The summed E-state index contributed by atoms with van der Waals surface area (Å²) in [4.78, 5) is 13.4. The van der Waals surface area contributed by atoms with Gasteiger partial charge in [-0.3, -0.25) is 4.68 Å². The third-order valence-corrected chi connectivity index (χ3v) is 8.77. The van der Waals surface area contributed by atoms with E-state index in [1.165, 1.54) is 57.0 Å². The molecule has 0 unspecified atom stereocenters. The maximum Gasteiger partial charge on any atom is 0.341 e. The van der Waals surface area contributed by atoms with Crippen molar-refractivity contribution in [2.24, 2.45) is 17.8 Å². The number of thiocarbonyl (C=S) groups is 1. The summed E-state index contributed by atoms with van der Waals surface area (Å²) < 4.78 is 7.22. The SMILES string of the molecule is CCc1c(C)sc(NC(=S)Nc2ccn(C34CC5CC(CC(C5)C3)C4)n2)c1C(=O)OC. The van der Waals surface area contributed by atoms with Crippen LogP contribution in [0.25, 0.3) is 0 Å². The fraction of sp³-hybridized carbons (Fsp3) is 0.609. The quantitative estimate of drug-likeness (QED) is 0.466. The van der Waals surface area contributed by atoms with Gasteiger partial charge in [0.1, 0.15) is 5.00 Å². The van der Waals surface area contributed by atoms with Crippen LogP contribution in [0, 0.1) is 24.7 Å². The molecule has 4 bridgehead atoms. The third-order valence-electron chi connectivity index (χ3n) is 7.50. The Bertz CT molecular complexity index is 990. The maximum absolute atomic E-state index is 12.3. The van der Waals surface area contributed by atoms with Crippen LogP contribution < -0.4 is 10.6 Å². The fourth-order valence-corrected chi connectivity index (χ4v) is 8.07. The molecule has 4 aliphatic carbocycles. The van der Waals surface area contributed by atoms with Crippen LogP contribution in [0.1, 0.15) is 66.2 Å². The number of esters is 1. The first kappa shape index (κ1) is 20.9. The van der Waals surface area contributed by atoms with Crippen LogP contribution in [0.3, 0.4) is 0 Å². The van der Waals surface area contributed by atoms with Gasteiger partial charge in [-0.05, 0) is 87.4 Å². The lowest BCUT2D eigenvalue weighted by atomic mass is 9.53. The minimum atomic E-state index is -0.336. The van der Waals surface area contributed by atoms with Gasteiger partial charge in [-0.2, -0.15) is 5.10 Å². The van der Waals surface area contributed by atoms with Gasteiger partial charge in [0.15, 0.2) is 10.9 Å². The lowest BCUT2D eigenvalue weighted by molar-refractivity contribution is -0.0492. The Kier molecular flexibility index (Phi) is 5.33. The Morgan fingerprint density at radius 1 is 1.26 bits per heavy atom. The first-order valence-electron chi connectivity index (χ1n) is 11.3. The van der Waals surface area contributed by atoms with Gasteiger partial charge in [0, 0.05) is 17.1 Å². The molecule has 4 fully saturated rings. The van der Waals surface area contributed by atoms with Crippen LogP contribution in [0.2, 0.25) is 0 Å². The van der Waals surface area contributed by atoms with Crippen molar-refractivity contribution < 1.29 is 9.53 Å². The van der Waals surface area contributed by atoms with E-state index in [4.69, 9.17) is 22.1 Å². The first-order valence-corrected chi connectivity index (χ1v) is 12.5. The minimum absolute atomic E-state index is 0.197. The molecule has 2 N–H and O–H groups in total. The molecule has 0 radical (unpaired) electrons. The molecule has 0 saturated heterocycles. The molecule has 8 heteroatoms. The van der Waals surface area contributed by atoms with Crippen molar-refractivity contribution in [1.29, 1.82) is 0 Å². The highest BCUT2D eigenvalue weighted by molar-refractivity contribution is 7.80.